The molecule has 0 fully saturated rings. The first-order valence-electron chi connectivity index (χ1n) is 7.93. The van der Waals surface area contributed by atoms with Gasteiger partial charge in [-0.25, -0.2) is 0 Å². The van der Waals surface area contributed by atoms with E-state index in [1.54, 1.807) is 31.6 Å². The van der Waals surface area contributed by atoms with E-state index in [0.717, 1.165) is 21.6 Å². The first kappa shape index (κ1) is 16.4. The van der Waals surface area contributed by atoms with Gasteiger partial charge in [0, 0.05) is 4.88 Å². The molecule has 5 nitrogen and oxygen atoms in total. The van der Waals surface area contributed by atoms with Crippen LogP contribution in [0.3, 0.4) is 0 Å². The molecule has 0 saturated carbocycles. The van der Waals surface area contributed by atoms with Crippen LogP contribution in [0.4, 0.5) is 5.88 Å². The smallest absolute Gasteiger partial charge is 0.200 e. The van der Waals surface area contributed by atoms with Crippen molar-refractivity contribution < 1.29 is 19.0 Å². The number of anilines is 1. The molecule has 0 unspecified atom stereocenters. The van der Waals surface area contributed by atoms with Gasteiger partial charge in [0.25, 0.3) is 0 Å². The van der Waals surface area contributed by atoms with Gasteiger partial charge in [0.05, 0.1) is 25.2 Å². The van der Waals surface area contributed by atoms with Crippen LogP contribution in [0.1, 0.15) is 0 Å². The Balaban J connectivity index is 1.89. The quantitative estimate of drug-likeness (QED) is 0.523. The van der Waals surface area contributed by atoms with Gasteiger partial charge in [-0.05, 0) is 46.8 Å². The minimum Gasteiger partial charge on any atom is -0.507 e. The van der Waals surface area contributed by atoms with Crippen molar-refractivity contribution >= 4 is 28.2 Å². The first-order valence-corrected chi connectivity index (χ1v) is 8.81. The zero-order chi connectivity index (χ0) is 18.3. The molecule has 0 aliphatic carbocycles. The van der Waals surface area contributed by atoms with E-state index < -0.39 is 0 Å². The van der Waals surface area contributed by atoms with Crippen molar-refractivity contribution in [3.63, 3.8) is 0 Å². The number of hydrogen-bond acceptors (Lipinski definition) is 6. The summed E-state index contributed by atoms with van der Waals surface area (Å²) in [6.45, 7) is 0. The molecule has 0 bridgehead atoms. The molecule has 2 heterocycles. The fraction of sp³-hybridized carbons (Fsp3) is 0.100. The highest BCUT2D eigenvalue weighted by Gasteiger charge is 2.19. The van der Waals surface area contributed by atoms with Crippen LogP contribution < -0.4 is 15.2 Å². The maximum Gasteiger partial charge on any atom is 0.200 e. The van der Waals surface area contributed by atoms with E-state index in [1.807, 2.05) is 41.8 Å². The molecule has 0 aliphatic heterocycles. The van der Waals surface area contributed by atoms with Gasteiger partial charge >= 0.3 is 0 Å². The fourth-order valence-electron chi connectivity index (χ4n) is 3.07. The number of thiophene rings is 1. The third-order valence-electron chi connectivity index (χ3n) is 4.28. The second kappa shape index (κ2) is 6.31. The summed E-state index contributed by atoms with van der Waals surface area (Å²) in [6.07, 6.45) is 0. The highest BCUT2D eigenvalue weighted by atomic mass is 32.1. The van der Waals surface area contributed by atoms with Crippen molar-refractivity contribution in [2.45, 2.75) is 0 Å². The molecule has 26 heavy (non-hydrogen) atoms. The molecule has 0 spiro atoms. The number of methoxy groups -OCH3 is 2. The van der Waals surface area contributed by atoms with Crippen LogP contribution in [0.25, 0.3) is 32.5 Å². The van der Waals surface area contributed by atoms with Gasteiger partial charge in [0.2, 0.25) is 5.88 Å². The number of phenolic OH excluding ortho intramolecular Hbond substituents is 1. The molecule has 0 saturated heterocycles. The van der Waals surface area contributed by atoms with Gasteiger partial charge in [-0.2, -0.15) is 0 Å². The second-order valence-corrected chi connectivity index (χ2v) is 6.70. The second-order valence-electron chi connectivity index (χ2n) is 5.76. The number of nitrogens with two attached hydrogens (primary N) is 1. The molecule has 4 aromatic rings. The zero-order valence-corrected chi connectivity index (χ0v) is 15.1. The lowest BCUT2D eigenvalue weighted by atomic mass is 10.0. The number of rotatable bonds is 4. The fourth-order valence-corrected chi connectivity index (χ4v) is 3.85. The molecule has 4 rings (SSSR count). The van der Waals surface area contributed by atoms with E-state index in [9.17, 15) is 5.11 Å². The van der Waals surface area contributed by atoms with Crippen molar-refractivity contribution in [2.75, 3.05) is 20.0 Å². The van der Waals surface area contributed by atoms with E-state index in [0.29, 0.717) is 28.4 Å². The minimum atomic E-state index is 0.121. The number of hydrogen-bond donors (Lipinski definition) is 2. The molecule has 0 atom stereocenters. The van der Waals surface area contributed by atoms with E-state index in [1.165, 1.54) is 0 Å². The number of benzene rings is 2. The van der Waals surface area contributed by atoms with Crippen LogP contribution in [-0.4, -0.2) is 19.3 Å². The molecule has 132 valence electrons. The SMILES string of the molecule is COc1ccc(-c2cc(O)c3c(-c4cccs4)c(N)oc3c2)cc1OC. The maximum atomic E-state index is 10.7. The maximum absolute atomic E-state index is 10.7. The molecule has 6 heteroatoms. The Hall–Kier alpha value is -3.12. The van der Waals surface area contributed by atoms with Gasteiger partial charge < -0.3 is 24.7 Å². The Labute approximate surface area is 154 Å². The molecule has 3 N–H and O–H groups in total. The Morgan fingerprint density at radius 2 is 1.81 bits per heavy atom. The number of nitrogen functional groups attached to an aromatic ring is 1. The molecule has 2 aromatic heterocycles. The molecule has 0 aliphatic rings. The zero-order valence-electron chi connectivity index (χ0n) is 14.3. The Kier molecular flexibility index (Phi) is 3.97. The first-order chi connectivity index (χ1) is 12.6. The van der Waals surface area contributed by atoms with Crippen LogP contribution in [-0.2, 0) is 0 Å². The normalized spacial score (nSPS) is 11.0. The third kappa shape index (κ3) is 2.55. The standard InChI is InChI=1S/C20H17NO4S/c1-23-14-6-5-11(9-15(14)24-2)12-8-13(22)18-16(10-12)25-20(21)19(18)17-4-3-7-26-17/h3-10,22H,21H2,1-2H3. The van der Waals surface area contributed by atoms with Crippen LogP contribution in [0.15, 0.2) is 52.3 Å². The highest BCUT2D eigenvalue weighted by molar-refractivity contribution is 7.13. The summed E-state index contributed by atoms with van der Waals surface area (Å²) in [5.74, 6) is 1.67. The average molecular weight is 367 g/mol. The van der Waals surface area contributed by atoms with Crippen LogP contribution in [0.2, 0.25) is 0 Å². The largest absolute Gasteiger partial charge is 0.507 e. The van der Waals surface area contributed by atoms with Crippen molar-refractivity contribution in [2.24, 2.45) is 0 Å². The number of furan rings is 1. The van der Waals surface area contributed by atoms with Crippen molar-refractivity contribution in [3.05, 3.63) is 47.8 Å². The molecule has 0 amide bonds. The van der Waals surface area contributed by atoms with Gasteiger partial charge in [-0.1, -0.05) is 12.1 Å². The summed E-state index contributed by atoms with van der Waals surface area (Å²) in [4.78, 5) is 0.954. The summed E-state index contributed by atoms with van der Waals surface area (Å²) in [5.41, 5.74) is 9.01. The summed E-state index contributed by atoms with van der Waals surface area (Å²) in [5, 5.41) is 13.2. The number of ether oxygens (including phenoxy) is 2. The Morgan fingerprint density at radius 1 is 1.00 bits per heavy atom. The lowest BCUT2D eigenvalue weighted by Gasteiger charge is -2.10. The van der Waals surface area contributed by atoms with Gasteiger partial charge in [0.15, 0.2) is 11.5 Å². The van der Waals surface area contributed by atoms with Crippen LogP contribution >= 0.6 is 11.3 Å². The highest BCUT2D eigenvalue weighted by Crippen LogP contribution is 2.45. The molecule has 0 radical (unpaired) electrons. The van der Waals surface area contributed by atoms with Crippen molar-refractivity contribution in [1.29, 1.82) is 0 Å². The molecule has 2 aromatic carbocycles. The lowest BCUT2D eigenvalue weighted by molar-refractivity contribution is 0.355. The number of phenols is 1. The Bertz CT molecular complexity index is 1080. The summed E-state index contributed by atoms with van der Waals surface area (Å²) >= 11 is 1.55. The molecular weight excluding hydrogens is 350 g/mol. The van der Waals surface area contributed by atoms with E-state index in [2.05, 4.69) is 0 Å². The number of fused-ring (bicyclic) bond motifs is 1. The number of aromatic hydroxyl groups is 1. The lowest BCUT2D eigenvalue weighted by Crippen LogP contribution is -1.90. The molecular formula is C20H17NO4S. The van der Waals surface area contributed by atoms with E-state index >= 15 is 0 Å². The van der Waals surface area contributed by atoms with E-state index in [-0.39, 0.29) is 5.75 Å². The van der Waals surface area contributed by atoms with Gasteiger partial charge in [-0.15, -0.1) is 11.3 Å². The van der Waals surface area contributed by atoms with Gasteiger partial charge in [-0.3, -0.25) is 0 Å². The predicted octanol–water partition coefficient (Wildman–Crippen LogP) is 5.13. The monoisotopic (exact) mass is 367 g/mol. The predicted molar refractivity (Wildman–Crippen MR) is 104 cm³/mol. The minimum absolute atomic E-state index is 0.121. The third-order valence-corrected chi connectivity index (χ3v) is 5.17. The van der Waals surface area contributed by atoms with Crippen molar-refractivity contribution in [1.82, 2.24) is 0 Å². The Morgan fingerprint density at radius 3 is 2.50 bits per heavy atom. The average Bonchev–Trinajstić information content (AvgIpc) is 3.27. The topological polar surface area (TPSA) is 77.9 Å². The van der Waals surface area contributed by atoms with Gasteiger partial charge in [0.1, 0.15) is 11.3 Å². The summed E-state index contributed by atoms with van der Waals surface area (Å²) in [7, 11) is 3.18. The van der Waals surface area contributed by atoms with E-state index in [4.69, 9.17) is 19.6 Å². The summed E-state index contributed by atoms with van der Waals surface area (Å²) < 4.78 is 16.4. The van der Waals surface area contributed by atoms with Crippen LogP contribution in [0, 0.1) is 0 Å². The summed E-state index contributed by atoms with van der Waals surface area (Å²) in [6, 6.07) is 13.0. The van der Waals surface area contributed by atoms with Crippen LogP contribution in [0.5, 0.6) is 17.2 Å². The van der Waals surface area contributed by atoms with Crippen molar-refractivity contribution in [3.8, 4) is 38.8 Å².